The normalized spacial score (nSPS) is 20.0. The molecule has 1 aliphatic heterocycles. The van der Waals surface area contributed by atoms with Crippen molar-refractivity contribution in [3.8, 4) is 0 Å². The van der Waals surface area contributed by atoms with Crippen LogP contribution in [0.1, 0.15) is 30.0 Å². The van der Waals surface area contributed by atoms with Crippen molar-refractivity contribution in [1.82, 2.24) is 15.1 Å². The fourth-order valence-corrected chi connectivity index (χ4v) is 4.10. The Morgan fingerprint density at radius 3 is 2.81 bits per heavy atom. The number of nitrogens with one attached hydrogen (secondary N) is 1. The molecule has 1 aromatic heterocycles. The number of hydrogen-bond donors (Lipinski definition) is 1. The summed E-state index contributed by atoms with van der Waals surface area (Å²) >= 11 is 1.96. The van der Waals surface area contributed by atoms with Gasteiger partial charge in [0.05, 0.1) is 0 Å². The van der Waals surface area contributed by atoms with E-state index in [1.807, 2.05) is 11.3 Å². The highest BCUT2D eigenvalue weighted by molar-refractivity contribution is 7.11. The van der Waals surface area contributed by atoms with Gasteiger partial charge in [-0.25, -0.2) is 0 Å². The monoisotopic (exact) mass is 309 g/mol. The first kappa shape index (κ1) is 16.9. The maximum atomic E-state index is 3.52. The van der Waals surface area contributed by atoms with E-state index in [1.165, 1.54) is 35.8 Å². The zero-order valence-electron chi connectivity index (χ0n) is 14.1. The number of rotatable bonds is 8. The van der Waals surface area contributed by atoms with Crippen molar-refractivity contribution >= 4 is 11.3 Å². The Kier molecular flexibility index (Phi) is 6.68. The Balaban J connectivity index is 1.71. The summed E-state index contributed by atoms with van der Waals surface area (Å²) in [5.41, 5.74) is 0. The van der Waals surface area contributed by atoms with E-state index in [1.54, 1.807) is 0 Å². The van der Waals surface area contributed by atoms with Gasteiger partial charge in [0.25, 0.3) is 0 Å². The second kappa shape index (κ2) is 8.28. The lowest BCUT2D eigenvalue weighted by Crippen LogP contribution is -2.26. The molecule has 120 valence electrons. The molecule has 1 fully saturated rings. The van der Waals surface area contributed by atoms with Gasteiger partial charge in [0.15, 0.2) is 0 Å². The molecule has 4 heteroatoms. The van der Waals surface area contributed by atoms with Gasteiger partial charge in [-0.2, -0.15) is 0 Å². The second-order valence-electron chi connectivity index (χ2n) is 7.01. The van der Waals surface area contributed by atoms with E-state index in [0.717, 1.165) is 31.5 Å². The Bertz CT molecular complexity index is 416. The van der Waals surface area contributed by atoms with Crippen LogP contribution in [0, 0.1) is 11.8 Å². The topological polar surface area (TPSA) is 18.5 Å². The third-order valence-corrected chi connectivity index (χ3v) is 5.12. The molecule has 1 saturated heterocycles. The van der Waals surface area contributed by atoms with Gasteiger partial charge >= 0.3 is 0 Å². The summed E-state index contributed by atoms with van der Waals surface area (Å²) in [6, 6.07) is 4.58. The van der Waals surface area contributed by atoms with E-state index in [2.05, 4.69) is 55.2 Å². The summed E-state index contributed by atoms with van der Waals surface area (Å²) in [5, 5.41) is 3.52. The molecule has 0 aromatic carbocycles. The van der Waals surface area contributed by atoms with E-state index in [4.69, 9.17) is 0 Å². The average Bonchev–Trinajstić information content (AvgIpc) is 2.98. The Hall–Kier alpha value is -0.420. The van der Waals surface area contributed by atoms with Gasteiger partial charge in [-0.15, -0.1) is 11.3 Å². The third-order valence-electron chi connectivity index (χ3n) is 4.05. The lowest BCUT2D eigenvalue weighted by molar-refractivity contribution is 0.269. The molecule has 1 unspecified atom stereocenters. The van der Waals surface area contributed by atoms with Crippen LogP contribution in [-0.2, 0) is 13.1 Å². The summed E-state index contributed by atoms with van der Waals surface area (Å²) in [6.07, 6.45) is 1.36. The van der Waals surface area contributed by atoms with Crippen molar-refractivity contribution in [2.45, 2.75) is 33.4 Å². The first-order valence-electron chi connectivity index (χ1n) is 8.18. The van der Waals surface area contributed by atoms with Gasteiger partial charge in [0.2, 0.25) is 0 Å². The fraction of sp³-hybridized carbons (Fsp3) is 0.765. The van der Waals surface area contributed by atoms with Gasteiger partial charge in [0.1, 0.15) is 0 Å². The molecule has 0 amide bonds. The number of thiophene rings is 1. The van der Waals surface area contributed by atoms with E-state index in [9.17, 15) is 0 Å². The maximum Gasteiger partial charge on any atom is 0.0325 e. The molecule has 1 aromatic rings. The molecular formula is C17H31N3S. The molecule has 0 aliphatic carbocycles. The van der Waals surface area contributed by atoms with Gasteiger partial charge in [-0.1, -0.05) is 13.8 Å². The average molecular weight is 310 g/mol. The van der Waals surface area contributed by atoms with Crippen molar-refractivity contribution < 1.29 is 0 Å². The molecule has 0 spiro atoms. The van der Waals surface area contributed by atoms with Crippen LogP contribution < -0.4 is 5.32 Å². The van der Waals surface area contributed by atoms with Crippen LogP contribution in [0.15, 0.2) is 12.1 Å². The Morgan fingerprint density at radius 1 is 1.38 bits per heavy atom. The number of nitrogens with zero attached hydrogens (tertiary/aromatic N) is 2. The van der Waals surface area contributed by atoms with Crippen LogP contribution in [0.25, 0.3) is 0 Å². The van der Waals surface area contributed by atoms with Gasteiger partial charge in [0, 0.05) is 35.9 Å². The smallest absolute Gasteiger partial charge is 0.0325 e. The highest BCUT2D eigenvalue weighted by Crippen LogP contribution is 2.20. The largest absolute Gasteiger partial charge is 0.312 e. The first-order chi connectivity index (χ1) is 10.0. The molecule has 0 saturated carbocycles. The maximum absolute atomic E-state index is 3.52. The van der Waals surface area contributed by atoms with Gasteiger partial charge < -0.3 is 15.1 Å². The Morgan fingerprint density at radius 2 is 2.14 bits per heavy atom. The van der Waals surface area contributed by atoms with Gasteiger partial charge in [-0.05, 0) is 57.6 Å². The summed E-state index contributed by atoms with van der Waals surface area (Å²) < 4.78 is 0. The minimum Gasteiger partial charge on any atom is -0.312 e. The standard InChI is InChI=1S/C17H31N3S/c1-14(2)9-18-10-16-5-6-17(21-16)13-20(4)12-15-7-8-19(3)11-15/h5-6,14-15,18H,7-13H2,1-4H3. The molecule has 3 nitrogen and oxygen atoms in total. The second-order valence-corrected chi connectivity index (χ2v) is 8.26. The lowest BCUT2D eigenvalue weighted by Gasteiger charge is -2.20. The molecular weight excluding hydrogens is 278 g/mol. The first-order valence-corrected chi connectivity index (χ1v) is 9.00. The van der Waals surface area contributed by atoms with Crippen LogP contribution in [0.3, 0.4) is 0 Å². The summed E-state index contributed by atoms with van der Waals surface area (Å²) in [7, 11) is 4.49. The van der Waals surface area contributed by atoms with E-state index in [-0.39, 0.29) is 0 Å². The quantitative estimate of drug-likeness (QED) is 0.796. The Labute approximate surface area is 134 Å². The summed E-state index contributed by atoms with van der Waals surface area (Å²) in [6.45, 7) is 11.5. The highest BCUT2D eigenvalue weighted by atomic mass is 32.1. The highest BCUT2D eigenvalue weighted by Gasteiger charge is 2.20. The predicted molar refractivity (Wildman–Crippen MR) is 92.8 cm³/mol. The summed E-state index contributed by atoms with van der Waals surface area (Å²) in [5.74, 6) is 1.58. The lowest BCUT2D eigenvalue weighted by atomic mass is 10.1. The SMILES string of the molecule is CC(C)CNCc1ccc(CN(C)CC2CCN(C)C2)s1. The number of likely N-dealkylation sites (tertiary alicyclic amines) is 1. The fourth-order valence-electron chi connectivity index (χ4n) is 3.03. The predicted octanol–water partition coefficient (Wildman–Crippen LogP) is 2.88. The van der Waals surface area contributed by atoms with Crippen LogP contribution in [0.4, 0.5) is 0 Å². The van der Waals surface area contributed by atoms with E-state index in [0.29, 0.717) is 0 Å². The van der Waals surface area contributed by atoms with E-state index >= 15 is 0 Å². The van der Waals surface area contributed by atoms with Crippen LogP contribution in [-0.4, -0.2) is 50.1 Å². The molecule has 1 aliphatic rings. The van der Waals surface area contributed by atoms with Crippen molar-refractivity contribution in [3.05, 3.63) is 21.9 Å². The number of hydrogen-bond acceptors (Lipinski definition) is 4. The minimum atomic E-state index is 0.722. The van der Waals surface area contributed by atoms with Crippen molar-refractivity contribution in [2.24, 2.45) is 11.8 Å². The molecule has 1 atom stereocenters. The minimum absolute atomic E-state index is 0.722. The molecule has 21 heavy (non-hydrogen) atoms. The zero-order valence-corrected chi connectivity index (χ0v) is 14.9. The van der Waals surface area contributed by atoms with Crippen molar-refractivity contribution in [2.75, 3.05) is 40.3 Å². The molecule has 2 rings (SSSR count). The summed E-state index contributed by atoms with van der Waals surface area (Å²) in [4.78, 5) is 7.88. The molecule has 0 bridgehead atoms. The van der Waals surface area contributed by atoms with Crippen molar-refractivity contribution in [1.29, 1.82) is 0 Å². The van der Waals surface area contributed by atoms with Crippen LogP contribution in [0.5, 0.6) is 0 Å². The molecule has 2 heterocycles. The van der Waals surface area contributed by atoms with Crippen LogP contribution >= 0.6 is 11.3 Å². The third kappa shape index (κ3) is 6.07. The van der Waals surface area contributed by atoms with Crippen molar-refractivity contribution in [3.63, 3.8) is 0 Å². The molecule has 1 N–H and O–H groups in total. The molecule has 0 radical (unpaired) electrons. The van der Waals surface area contributed by atoms with E-state index < -0.39 is 0 Å². The van der Waals surface area contributed by atoms with Crippen LogP contribution in [0.2, 0.25) is 0 Å². The van der Waals surface area contributed by atoms with Gasteiger partial charge in [-0.3, -0.25) is 0 Å². The zero-order chi connectivity index (χ0) is 15.2.